The molecule has 2 atom stereocenters. The molecule has 21 heavy (non-hydrogen) atoms. The Morgan fingerprint density at radius 2 is 2.10 bits per heavy atom. The summed E-state index contributed by atoms with van der Waals surface area (Å²) < 4.78 is 0. The highest BCUT2D eigenvalue weighted by atomic mass is 16.3. The number of hydrogen-bond donors (Lipinski definition) is 1. The minimum atomic E-state index is -0.662. The van der Waals surface area contributed by atoms with Gasteiger partial charge in [0, 0.05) is 26.2 Å². The van der Waals surface area contributed by atoms with Gasteiger partial charge in [0.1, 0.15) is 0 Å². The number of carbonyl (C=O) groups is 1. The molecule has 4 heteroatoms. The molecule has 116 valence electrons. The number of hydrogen-bond acceptors (Lipinski definition) is 3. The lowest BCUT2D eigenvalue weighted by molar-refractivity contribution is -0.136. The van der Waals surface area contributed by atoms with Crippen molar-refractivity contribution in [2.75, 3.05) is 19.6 Å². The number of carbonyl (C=O) groups excluding carboxylic acids is 1. The zero-order chi connectivity index (χ0) is 15.5. The molecule has 2 rings (SSSR count). The maximum absolute atomic E-state index is 12.7. The number of nitrogens with zero attached hydrogens (tertiary/aromatic N) is 2. The Bertz CT molecular complexity index is 473. The van der Waals surface area contributed by atoms with Gasteiger partial charge < -0.3 is 10.0 Å². The zero-order valence-electron chi connectivity index (χ0n) is 13.2. The Balaban J connectivity index is 1.99. The van der Waals surface area contributed by atoms with Crippen LogP contribution in [0.4, 0.5) is 0 Å². The number of β-amino-alcohol motifs (C(OH)–C–C–N with tert-alkyl or cyclic N) is 1. The molecule has 0 aromatic heterocycles. The second-order valence-electron chi connectivity index (χ2n) is 6.23. The van der Waals surface area contributed by atoms with Crippen LogP contribution in [-0.4, -0.2) is 52.1 Å². The average Bonchev–Trinajstić information content (AvgIpc) is 2.84. The molecule has 1 aliphatic heterocycles. The first kappa shape index (κ1) is 16.0. The van der Waals surface area contributed by atoms with E-state index in [2.05, 4.69) is 4.90 Å². The number of benzene rings is 1. The minimum Gasteiger partial charge on any atom is -0.389 e. The van der Waals surface area contributed by atoms with Crippen molar-refractivity contribution < 1.29 is 9.90 Å². The summed E-state index contributed by atoms with van der Waals surface area (Å²) in [6.45, 7) is 8.48. The van der Waals surface area contributed by atoms with Gasteiger partial charge in [-0.2, -0.15) is 0 Å². The predicted molar refractivity (Wildman–Crippen MR) is 83.8 cm³/mol. The summed E-state index contributed by atoms with van der Waals surface area (Å²) in [6.07, 6.45) is 0.732. The Morgan fingerprint density at radius 1 is 1.43 bits per heavy atom. The quantitative estimate of drug-likeness (QED) is 0.900. The van der Waals surface area contributed by atoms with Crippen LogP contribution in [0.15, 0.2) is 30.3 Å². The van der Waals surface area contributed by atoms with E-state index in [1.807, 2.05) is 56.0 Å². The highest BCUT2D eigenvalue weighted by Crippen LogP contribution is 2.23. The van der Waals surface area contributed by atoms with Crippen molar-refractivity contribution in [1.29, 1.82) is 0 Å². The normalized spacial score (nSPS) is 24.0. The summed E-state index contributed by atoms with van der Waals surface area (Å²) in [7, 11) is 0. The third kappa shape index (κ3) is 4.05. The number of aliphatic hydroxyl groups is 1. The lowest BCUT2D eigenvalue weighted by Gasteiger charge is -2.30. The molecule has 1 saturated heterocycles. The molecule has 0 unspecified atom stereocenters. The second-order valence-corrected chi connectivity index (χ2v) is 6.23. The monoisotopic (exact) mass is 290 g/mol. The zero-order valence-corrected chi connectivity index (χ0v) is 13.2. The second kappa shape index (κ2) is 6.58. The lowest BCUT2D eigenvalue weighted by atomic mass is 10.1. The van der Waals surface area contributed by atoms with E-state index in [1.54, 1.807) is 0 Å². The highest BCUT2D eigenvalue weighted by Gasteiger charge is 2.36. The van der Waals surface area contributed by atoms with Crippen LogP contribution in [-0.2, 0) is 11.3 Å². The fraction of sp³-hybridized carbons (Fsp3) is 0.588. The average molecular weight is 290 g/mol. The predicted octanol–water partition coefficient (Wildman–Crippen LogP) is 1.88. The van der Waals surface area contributed by atoms with Gasteiger partial charge in [0.15, 0.2) is 0 Å². The van der Waals surface area contributed by atoms with Crippen molar-refractivity contribution in [2.24, 2.45) is 0 Å². The van der Waals surface area contributed by atoms with E-state index in [-0.39, 0.29) is 11.9 Å². The molecular weight excluding hydrogens is 264 g/mol. The molecule has 1 heterocycles. The van der Waals surface area contributed by atoms with E-state index in [0.29, 0.717) is 19.6 Å². The van der Waals surface area contributed by atoms with E-state index < -0.39 is 5.60 Å². The van der Waals surface area contributed by atoms with E-state index in [1.165, 1.54) is 0 Å². The maximum atomic E-state index is 12.7. The number of likely N-dealkylation sites (N-methyl/N-ethyl adjacent to an activating group) is 1. The molecule has 0 spiro atoms. The molecule has 0 saturated carbocycles. The smallest absolute Gasteiger partial charge is 0.239 e. The number of amides is 1. The Labute approximate surface area is 127 Å². The van der Waals surface area contributed by atoms with Crippen molar-refractivity contribution >= 4 is 5.91 Å². The Hall–Kier alpha value is -1.39. The number of rotatable bonds is 5. The van der Waals surface area contributed by atoms with E-state index in [4.69, 9.17) is 0 Å². The molecule has 1 aliphatic rings. The summed E-state index contributed by atoms with van der Waals surface area (Å²) in [5, 5.41) is 10.1. The molecule has 0 radical (unpaired) electrons. The first-order valence-corrected chi connectivity index (χ1v) is 7.72. The van der Waals surface area contributed by atoms with Gasteiger partial charge in [-0.3, -0.25) is 9.69 Å². The Morgan fingerprint density at radius 3 is 2.62 bits per heavy atom. The summed E-state index contributed by atoms with van der Waals surface area (Å²) in [6, 6.07) is 9.88. The molecule has 1 aromatic carbocycles. The van der Waals surface area contributed by atoms with Crippen molar-refractivity contribution in [2.45, 2.75) is 45.4 Å². The summed E-state index contributed by atoms with van der Waals surface area (Å²) >= 11 is 0. The molecule has 4 nitrogen and oxygen atoms in total. The number of likely N-dealkylation sites (tertiary alicyclic amines) is 1. The first-order chi connectivity index (χ1) is 9.93. The van der Waals surface area contributed by atoms with E-state index in [9.17, 15) is 9.90 Å². The van der Waals surface area contributed by atoms with Crippen LogP contribution in [0.5, 0.6) is 0 Å². The molecule has 1 fully saturated rings. The van der Waals surface area contributed by atoms with Gasteiger partial charge in [0.25, 0.3) is 0 Å². The van der Waals surface area contributed by atoms with Gasteiger partial charge in [0.2, 0.25) is 5.91 Å². The van der Waals surface area contributed by atoms with Gasteiger partial charge in [-0.05, 0) is 32.8 Å². The van der Waals surface area contributed by atoms with Crippen molar-refractivity contribution in [3.8, 4) is 0 Å². The van der Waals surface area contributed by atoms with Crippen molar-refractivity contribution in [3.05, 3.63) is 35.9 Å². The van der Waals surface area contributed by atoms with Crippen LogP contribution < -0.4 is 0 Å². The van der Waals surface area contributed by atoms with Gasteiger partial charge in [-0.15, -0.1) is 0 Å². The van der Waals surface area contributed by atoms with Crippen LogP contribution in [0.3, 0.4) is 0 Å². The van der Waals surface area contributed by atoms with Crippen LogP contribution in [0.25, 0.3) is 0 Å². The summed E-state index contributed by atoms with van der Waals surface area (Å²) in [5.74, 6) is 0.138. The molecule has 1 aromatic rings. The minimum absolute atomic E-state index is 0.138. The molecule has 0 bridgehead atoms. The van der Waals surface area contributed by atoms with E-state index in [0.717, 1.165) is 18.5 Å². The lowest BCUT2D eigenvalue weighted by Crippen LogP contribution is -2.47. The standard InChI is InChI=1S/C17H26N2O2/c1-4-18(12-15-8-6-5-7-9-15)16(20)14(2)19-11-10-17(3,21)13-19/h5-9,14,21H,4,10-13H2,1-3H3/t14-,17+/m1/s1. The SMILES string of the molecule is CCN(Cc1ccccc1)C(=O)[C@@H](C)N1CC[C@](C)(O)C1. The summed E-state index contributed by atoms with van der Waals surface area (Å²) in [5.41, 5.74) is 0.485. The van der Waals surface area contributed by atoms with Crippen LogP contribution in [0.1, 0.15) is 32.8 Å². The van der Waals surface area contributed by atoms with Crippen LogP contribution in [0.2, 0.25) is 0 Å². The van der Waals surface area contributed by atoms with Gasteiger partial charge in [0.05, 0.1) is 11.6 Å². The Kier molecular flexibility index (Phi) is 5.01. The van der Waals surface area contributed by atoms with Gasteiger partial charge >= 0.3 is 0 Å². The molecule has 0 aliphatic carbocycles. The molecule has 1 amide bonds. The van der Waals surface area contributed by atoms with Gasteiger partial charge in [-0.1, -0.05) is 30.3 Å². The first-order valence-electron chi connectivity index (χ1n) is 7.72. The highest BCUT2D eigenvalue weighted by molar-refractivity contribution is 5.81. The topological polar surface area (TPSA) is 43.8 Å². The van der Waals surface area contributed by atoms with Crippen LogP contribution in [0, 0.1) is 0 Å². The van der Waals surface area contributed by atoms with E-state index >= 15 is 0 Å². The molecular formula is C17H26N2O2. The van der Waals surface area contributed by atoms with Crippen molar-refractivity contribution in [1.82, 2.24) is 9.80 Å². The largest absolute Gasteiger partial charge is 0.389 e. The summed E-state index contributed by atoms with van der Waals surface area (Å²) in [4.78, 5) is 16.6. The van der Waals surface area contributed by atoms with Crippen LogP contribution >= 0.6 is 0 Å². The van der Waals surface area contributed by atoms with Crippen molar-refractivity contribution in [3.63, 3.8) is 0 Å². The fourth-order valence-corrected chi connectivity index (χ4v) is 2.88. The molecule has 1 N–H and O–H groups in total. The fourth-order valence-electron chi connectivity index (χ4n) is 2.88. The van der Waals surface area contributed by atoms with Gasteiger partial charge in [-0.25, -0.2) is 0 Å². The third-order valence-corrected chi connectivity index (χ3v) is 4.30. The maximum Gasteiger partial charge on any atom is 0.239 e. The third-order valence-electron chi connectivity index (χ3n) is 4.30.